The van der Waals surface area contributed by atoms with Crippen molar-refractivity contribution in [1.29, 1.82) is 0 Å². The summed E-state index contributed by atoms with van der Waals surface area (Å²) >= 11 is 11.8. The number of hydrogen-bond acceptors (Lipinski definition) is 3. The van der Waals surface area contributed by atoms with Crippen LogP contribution in [0.5, 0.6) is 0 Å². The molecule has 0 saturated heterocycles. The molecule has 4 aromatic rings. The summed E-state index contributed by atoms with van der Waals surface area (Å²) in [7, 11) is 0. The van der Waals surface area contributed by atoms with Crippen LogP contribution in [0.15, 0.2) is 85.2 Å². The smallest absolute Gasteiger partial charge is 0.245 e. The minimum absolute atomic E-state index is 0.291. The van der Waals surface area contributed by atoms with E-state index in [1.807, 2.05) is 54.7 Å². The van der Waals surface area contributed by atoms with Crippen molar-refractivity contribution in [3.05, 3.63) is 101 Å². The Morgan fingerprint density at radius 3 is 2.10 bits per heavy atom. The molecule has 1 atom stereocenters. The maximum atomic E-state index is 12.4. The van der Waals surface area contributed by atoms with E-state index in [0.29, 0.717) is 21.3 Å². The normalized spacial score (nSPS) is 11.8. The molecule has 1 heterocycles. The zero-order valence-electron chi connectivity index (χ0n) is 15.8. The van der Waals surface area contributed by atoms with E-state index in [0.717, 1.165) is 16.8 Å². The minimum Gasteiger partial charge on any atom is -0.324 e. The van der Waals surface area contributed by atoms with Gasteiger partial charge in [-0.05, 0) is 59.7 Å². The Labute approximate surface area is 184 Å². The number of carbonyl (C=O) groups is 1. The Bertz CT molecular complexity index is 1150. The number of hydrogen-bond donors (Lipinski definition) is 2. The fraction of sp³-hybridized carbons (Fsp3) is 0.0435. The molecule has 0 aliphatic heterocycles. The van der Waals surface area contributed by atoms with Crippen molar-refractivity contribution in [3.8, 4) is 16.8 Å². The molecule has 0 fully saturated rings. The summed E-state index contributed by atoms with van der Waals surface area (Å²) in [6.07, 6.45) is 3.73. The fourth-order valence-electron chi connectivity index (χ4n) is 2.99. The second-order valence-corrected chi connectivity index (χ2v) is 7.62. The number of benzene rings is 3. The Morgan fingerprint density at radius 1 is 0.867 bits per heavy atom. The van der Waals surface area contributed by atoms with Gasteiger partial charge in [0, 0.05) is 27.5 Å². The van der Waals surface area contributed by atoms with Crippen LogP contribution in [-0.4, -0.2) is 15.7 Å². The van der Waals surface area contributed by atoms with Crippen LogP contribution >= 0.6 is 23.2 Å². The third-order valence-electron chi connectivity index (χ3n) is 4.67. The lowest BCUT2D eigenvalue weighted by Gasteiger charge is -2.13. The average Bonchev–Trinajstić information content (AvgIpc) is 3.25. The van der Waals surface area contributed by atoms with Gasteiger partial charge >= 0.3 is 0 Å². The molecular formula is C23H18Cl2N4O. The second-order valence-electron chi connectivity index (χ2n) is 6.75. The van der Waals surface area contributed by atoms with Crippen LogP contribution in [0.2, 0.25) is 10.0 Å². The van der Waals surface area contributed by atoms with E-state index in [2.05, 4.69) is 10.4 Å². The van der Waals surface area contributed by atoms with Gasteiger partial charge in [0.15, 0.2) is 0 Å². The molecule has 1 aromatic heterocycles. The Balaban J connectivity index is 1.44. The lowest BCUT2D eigenvalue weighted by Crippen LogP contribution is -2.27. The number of aromatic nitrogens is 2. The average molecular weight is 437 g/mol. The highest BCUT2D eigenvalue weighted by Gasteiger charge is 2.16. The van der Waals surface area contributed by atoms with E-state index in [9.17, 15) is 4.79 Å². The van der Waals surface area contributed by atoms with Crippen molar-refractivity contribution in [2.24, 2.45) is 5.73 Å². The van der Waals surface area contributed by atoms with Gasteiger partial charge in [-0.15, -0.1) is 0 Å². The Hall–Kier alpha value is -3.12. The van der Waals surface area contributed by atoms with Gasteiger partial charge in [-0.25, -0.2) is 4.68 Å². The van der Waals surface area contributed by atoms with Crippen LogP contribution in [-0.2, 0) is 4.79 Å². The van der Waals surface area contributed by atoms with Crippen molar-refractivity contribution in [1.82, 2.24) is 9.78 Å². The molecule has 150 valence electrons. The molecule has 7 heteroatoms. The molecule has 1 unspecified atom stereocenters. The van der Waals surface area contributed by atoms with Crippen LogP contribution in [0.1, 0.15) is 11.6 Å². The van der Waals surface area contributed by atoms with E-state index < -0.39 is 6.04 Å². The highest BCUT2D eigenvalue weighted by Crippen LogP contribution is 2.23. The number of nitrogens with two attached hydrogens (primary N) is 1. The molecular weight excluding hydrogens is 419 g/mol. The van der Waals surface area contributed by atoms with E-state index in [1.54, 1.807) is 35.1 Å². The largest absolute Gasteiger partial charge is 0.324 e. The summed E-state index contributed by atoms with van der Waals surface area (Å²) in [5, 5.41) is 8.52. The van der Waals surface area contributed by atoms with E-state index in [-0.39, 0.29) is 5.91 Å². The lowest BCUT2D eigenvalue weighted by molar-refractivity contribution is -0.117. The highest BCUT2D eigenvalue weighted by atomic mass is 35.5. The predicted octanol–water partition coefficient (Wildman–Crippen LogP) is 5.48. The number of carbonyl (C=O) groups excluding carboxylic acids is 1. The van der Waals surface area contributed by atoms with Crippen molar-refractivity contribution in [2.75, 3.05) is 5.32 Å². The summed E-state index contributed by atoms with van der Waals surface area (Å²) in [6, 6.07) is 21.1. The summed E-state index contributed by atoms with van der Waals surface area (Å²) in [4.78, 5) is 12.4. The van der Waals surface area contributed by atoms with E-state index in [4.69, 9.17) is 28.9 Å². The molecule has 0 saturated carbocycles. The zero-order chi connectivity index (χ0) is 21.1. The van der Waals surface area contributed by atoms with Gasteiger partial charge in [-0.3, -0.25) is 4.79 Å². The SMILES string of the molecule is NC(C(=O)Nc1ccc(-c2cnn(-c3ccc(Cl)cc3)c2)cc1)c1ccc(Cl)cc1. The number of nitrogens with zero attached hydrogens (tertiary/aromatic N) is 2. The molecule has 0 aliphatic rings. The molecule has 30 heavy (non-hydrogen) atoms. The molecule has 4 rings (SSSR count). The first-order chi connectivity index (χ1) is 14.5. The third-order valence-corrected chi connectivity index (χ3v) is 5.18. The molecule has 5 nitrogen and oxygen atoms in total. The van der Waals surface area contributed by atoms with Gasteiger partial charge in [0.25, 0.3) is 0 Å². The Morgan fingerprint density at radius 2 is 1.47 bits per heavy atom. The van der Waals surface area contributed by atoms with Gasteiger partial charge in [0.05, 0.1) is 11.9 Å². The summed E-state index contributed by atoms with van der Waals surface area (Å²) in [5.41, 5.74) is 10.3. The van der Waals surface area contributed by atoms with Crippen molar-refractivity contribution in [2.45, 2.75) is 6.04 Å². The quantitative estimate of drug-likeness (QED) is 0.434. The van der Waals surface area contributed by atoms with Gasteiger partial charge in [-0.2, -0.15) is 5.10 Å². The third kappa shape index (κ3) is 4.54. The van der Waals surface area contributed by atoms with Crippen LogP contribution in [0.3, 0.4) is 0 Å². The van der Waals surface area contributed by atoms with Crippen molar-refractivity contribution < 1.29 is 4.79 Å². The van der Waals surface area contributed by atoms with Crippen LogP contribution in [0.4, 0.5) is 5.69 Å². The second kappa shape index (κ2) is 8.71. The number of nitrogens with one attached hydrogen (secondary N) is 1. The van der Waals surface area contributed by atoms with Crippen molar-refractivity contribution >= 4 is 34.8 Å². The first kappa shape index (κ1) is 20.2. The molecule has 0 spiro atoms. The standard InChI is InChI=1S/C23H18Cl2N4O/c24-18-5-1-16(2-6-18)22(26)23(30)28-20-9-3-15(4-10-20)17-13-27-29(14-17)21-11-7-19(25)8-12-21/h1-14,22H,26H2,(H,28,30). The topological polar surface area (TPSA) is 72.9 Å². The van der Waals surface area contributed by atoms with Crippen LogP contribution < -0.4 is 11.1 Å². The molecule has 0 radical (unpaired) electrons. The summed E-state index contributed by atoms with van der Waals surface area (Å²) in [5.74, 6) is -0.291. The van der Waals surface area contributed by atoms with Gasteiger partial charge in [-0.1, -0.05) is 47.5 Å². The number of amides is 1. The van der Waals surface area contributed by atoms with Gasteiger partial charge < -0.3 is 11.1 Å². The molecule has 0 aliphatic carbocycles. The molecule has 0 bridgehead atoms. The fourth-order valence-corrected chi connectivity index (χ4v) is 3.25. The minimum atomic E-state index is -0.778. The van der Waals surface area contributed by atoms with Crippen molar-refractivity contribution in [3.63, 3.8) is 0 Å². The van der Waals surface area contributed by atoms with Gasteiger partial charge in [0.1, 0.15) is 6.04 Å². The van der Waals surface area contributed by atoms with Gasteiger partial charge in [0.2, 0.25) is 5.91 Å². The van der Waals surface area contributed by atoms with E-state index in [1.165, 1.54) is 0 Å². The molecule has 3 N–H and O–H groups in total. The summed E-state index contributed by atoms with van der Waals surface area (Å²) in [6.45, 7) is 0. The maximum Gasteiger partial charge on any atom is 0.245 e. The highest BCUT2D eigenvalue weighted by molar-refractivity contribution is 6.30. The maximum absolute atomic E-state index is 12.4. The Kier molecular flexibility index (Phi) is 5.86. The monoisotopic (exact) mass is 436 g/mol. The van der Waals surface area contributed by atoms with E-state index >= 15 is 0 Å². The number of halogens is 2. The summed E-state index contributed by atoms with van der Waals surface area (Å²) < 4.78 is 1.78. The zero-order valence-corrected chi connectivity index (χ0v) is 17.3. The molecule has 3 aromatic carbocycles. The lowest BCUT2D eigenvalue weighted by atomic mass is 10.1. The van der Waals surface area contributed by atoms with Crippen LogP contribution in [0.25, 0.3) is 16.8 Å². The van der Waals surface area contributed by atoms with Crippen LogP contribution in [0, 0.1) is 0 Å². The first-order valence-electron chi connectivity index (χ1n) is 9.22. The number of anilines is 1. The predicted molar refractivity (Wildman–Crippen MR) is 121 cm³/mol. The first-order valence-corrected chi connectivity index (χ1v) is 9.98. The molecule has 1 amide bonds. The number of rotatable bonds is 5.